The summed E-state index contributed by atoms with van der Waals surface area (Å²) in [5.74, 6) is 2.37. The van der Waals surface area contributed by atoms with E-state index in [1.54, 1.807) is 0 Å². The van der Waals surface area contributed by atoms with Gasteiger partial charge < -0.3 is 9.80 Å². The zero-order valence-corrected chi connectivity index (χ0v) is 18.6. The highest BCUT2D eigenvalue weighted by atomic mass is 32.1. The third kappa shape index (κ3) is 4.04. The van der Waals surface area contributed by atoms with Crippen LogP contribution in [0.3, 0.4) is 0 Å². The molecule has 0 spiro atoms. The maximum absolute atomic E-state index is 12.9. The number of carbonyl (C=O) groups excluding carboxylic acids is 1. The van der Waals surface area contributed by atoms with E-state index < -0.39 is 0 Å². The molecular weight excluding hydrogens is 400 g/mol. The number of aromatic nitrogens is 6. The SMILES string of the molecule is CCCc1nnsc1C(=O)N1CCN(c2cc(-n3nc(C)cc3C)nc(C)n2)CC1. The fraction of sp³-hybridized carbons (Fsp3) is 0.500. The van der Waals surface area contributed by atoms with Crippen molar-refractivity contribution in [2.45, 2.75) is 40.5 Å². The molecule has 1 fully saturated rings. The van der Waals surface area contributed by atoms with Gasteiger partial charge in [0.25, 0.3) is 5.91 Å². The molecule has 0 aliphatic carbocycles. The molecule has 3 aromatic rings. The molecule has 1 aliphatic heterocycles. The fourth-order valence-corrected chi connectivity index (χ4v) is 4.40. The van der Waals surface area contributed by atoms with E-state index in [-0.39, 0.29) is 5.91 Å². The summed E-state index contributed by atoms with van der Waals surface area (Å²) in [4.78, 5) is 26.9. The van der Waals surface area contributed by atoms with Crippen molar-refractivity contribution in [3.63, 3.8) is 0 Å². The Morgan fingerprint density at radius 3 is 2.47 bits per heavy atom. The molecule has 0 bridgehead atoms. The molecule has 4 heterocycles. The van der Waals surface area contributed by atoms with Crippen molar-refractivity contribution < 1.29 is 4.79 Å². The Hall–Kier alpha value is -2.88. The second kappa shape index (κ2) is 8.47. The molecule has 0 aromatic carbocycles. The van der Waals surface area contributed by atoms with Crippen LogP contribution in [0, 0.1) is 20.8 Å². The van der Waals surface area contributed by atoms with Crippen LogP contribution < -0.4 is 4.90 Å². The van der Waals surface area contributed by atoms with Gasteiger partial charge >= 0.3 is 0 Å². The van der Waals surface area contributed by atoms with Gasteiger partial charge in [0.1, 0.15) is 16.5 Å². The number of piperazine rings is 1. The molecule has 1 amide bonds. The van der Waals surface area contributed by atoms with Crippen LogP contribution in [0.1, 0.15) is 45.9 Å². The topological polar surface area (TPSA) is 92.9 Å². The number of hydrogen-bond donors (Lipinski definition) is 0. The quantitative estimate of drug-likeness (QED) is 0.618. The number of carbonyl (C=O) groups is 1. The predicted molar refractivity (Wildman–Crippen MR) is 115 cm³/mol. The molecular formula is C20H26N8OS. The lowest BCUT2D eigenvalue weighted by Crippen LogP contribution is -2.49. The first kappa shape index (κ1) is 20.4. The second-order valence-electron chi connectivity index (χ2n) is 7.55. The highest BCUT2D eigenvalue weighted by Gasteiger charge is 2.26. The molecule has 30 heavy (non-hydrogen) atoms. The van der Waals surface area contributed by atoms with Gasteiger partial charge in [-0.3, -0.25) is 4.79 Å². The standard InChI is InChI=1S/C20H26N8OS/c1-5-6-16-19(30-25-23-16)20(29)27-9-7-26(8-10-27)17-12-18(22-15(4)21-17)28-14(3)11-13(2)24-28/h11-12H,5-10H2,1-4H3. The molecule has 9 nitrogen and oxygen atoms in total. The second-order valence-corrected chi connectivity index (χ2v) is 8.30. The van der Waals surface area contributed by atoms with Gasteiger partial charge in [-0.1, -0.05) is 17.8 Å². The summed E-state index contributed by atoms with van der Waals surface area (Å²) in [6.45, 7) is 10.7. The van der Waals surface area contributed by atoms with E-state index in [0.29, 0.717) is 36.9 Å². The van der Waals surface area contributed by atoms with E-state index in [4.69, 9.17) is 0 Å². The Labute approximate surface area is 179 Å². The minimum Gasteiger partial charge on any atom is -0.353 e. The Bertz CT molecular complexity index is 1050. The van der Waals surface area contributed by atoms with Gasteiger partial charge in [-0.15, -0.1) is 5.10 Å². The number of anilines is 1. The third-order valence-corrected chi connectivity index (χ3v) is 5.92. The third-order valence-electron chi connectivity index (χ3n) is 5.17. The van der Waals surface area contributed by atoms with Crippen molar-refractivity contribution in [1.82, 2.24) is 34.2 Å². The molecule has 0 saturated carbocycles. The average Bonchev–Trinajstić information content (AvgIpc) is 3.33. The molecule has 0 unspecified atom stereocenters. The Kier molecular flexibility index (Phi) is 5.76. The average molecular weight is 427 g/mol. The molecule has 4 rings (SSSR count). The first-order valence-corrected chi connectivity index (χ1v) is 11.0. The number of amides is 1. The number of nitrogens with zero attached hydrogens (tertiary/aromatic N) is 8. The van der Waals surface area contributed by atoms with Crippen LogP contribution in [0.5, 0.6) is 0 Å². The van der Waals surface area contributed by atoms with Crippen molar-refractivity contribution in [3.8, 4) is 5.82 Å². The zero-order chi connectivity index (χ0) is 21.3. The van der Waals surface area contributed by atoms with Crippen molar-refractivity contribution in [2.75, 3.05) is 31.1 Å². The van der Waals surface area contributed by atoms with Gasteiger partial charge in [-0.2, -0.15) is 5.10 Å². The van der Waals surface area contributed by atoms with E-state index in [9.17, 15) is 4.79 Å². The van der Waals surface area contributed by atoms with Gasteiger partial charge in [-0.05, 0) is 44.8 Å². The molecule has 0 N–H and O–H groups in total. The van der Waals surface area contributed by atoms with Crippen LogP contribution in [-0.4, -0.2) is 66.3 Å². The summed E-state index contributed by atoms with van der Waals surface area (Å²) in [6.07, 6.45) is 1.73. The first-order chi connectivity index (χ1) is 14.5. The highest BCUT2D eigenvalue weighted by Crippen LogP contribution is 2.21. The summed E-state index contributed by atoms with van der Waals surface area (Å²) in [5.41, 5.74) is 2.81. The van der Waals surface area contributed by atoms with Crippen molar-refractivity contribution in [3.05, 3.63) is 39.9 Å². The van der Waals surface area contributed by atoms with Crippen LogP contribution in [0.4, 0.5) is 5.82 Å². The summed E-state index contributed by atoms with van der Waals surface area (Å²) < 4.78 is 5.83. The summed E-state index contributed by atoms with van der Waals surface area (Å²) in [5, 5.41) is 8.67. The van der Waals surface area contributed by atoms with E-state index in [1.807, 2.05) is 42.5 Å². The zero-order valence-electron chi connectivity index (χ0n) is 17.8. The van der Waals surface area contributed by atoms with Crippen LogP contribution in [-0.2, 0) is 6.42 Å². The van der Waals surface area contributed by atoms with Crippen LogP contribution in [0.15, 0.2) is 12.1 Å². The largest absolute Gasteiger partial charge is 0.353 e. The molecule has 0 radical (unpaired) electrons. The maximum Gasteiger partial charge on any atom is 0.267 e. The molecule has 1 saturated heterocycles. The van der Waals surface area contributed by atoms with Gasteiger partial charge in [0.15, 0.2) is 5.82 Å². The monoisotopic (exact) mass is 426 g/mol. The minimum absolute atomic E-state index is 0.0373. The van der Waals surface area contributed by atoms with Crippen molar-refractivity contribution in [2.24, 2.45) is 0 Å². The minimum atomic E-state index is 0.0373. The van der Waals surface area contributed by atoms with E-state index in [2.05, 4.69) is 36.5 Å². The normalized spacial score (nSPS) is 14.4. The van der Waals surface area contributed by atoms with Crippen LogP contribution in [0.25, 0.3) is 5.82 Å². The van der Waals surface area contributed by atoms with E-state index >= 15 is 0 Å². The number of hydrogen-bond acceptors (Lipinski definition) is 8. The molecule has 158 valence electrons. The molecule has 3 aromatic heterocycles. The van der Waals surface area contributed by atoms with E-state index in [1.165, 1.54) is 11.5 Å². The first-order valence-electron chi connectivity index (χ1n) is 10.2. The van der Waals surface area contributed by atoms with E-state index in [0.717, 1.165) is 41.6 Å². The van der Waals surface area contributed by atoms with Gasteiger partial charge in [0.05, 0.1) is 11.4 Å². The predicted octanol–water partition coefficient (Wildman–Crippen LogP) is 2.35. The van der Waals surface area contributed by atoms with Crippen molar-refractivity contribution >= 4 is 23.3 Å². The smallest absolute Gasteiger partial charge is 0.267 e. The van der Waals surface area contributed by atoms with Crippen LogP contribution >= 0.6 is 11.5 Å². The lowest BCUT2D eigenvalue weighted by molar-refractivity contribution is 0.0750. The Balaban J connectivity index is 1.48. The summed E-state index contributed by atoms with van der Waals surface area (Å²) in [6, 6.07) is 4.00. The summed E-state index contributed by atoms with van der Waals surface area (Å²) >= 11 is 1.20. The molecule has 0 atom stereocenters. The van der Waals surface area contributed by atoms with Crippen LogP contribution in [0.2, 0.25) is 0 Å². The summed E-state index contributed by atoms with van der Waals surface area (Å²) in [7, 11) is 0. The van der Waals surface area contributed by atoms with Crippen molar-refractivity contribution in [1.29, 1.82) is 0 Å². The lowest BCUT2D eigenvalue weighted by Gasteiger charge is -2.35. The van der Waals surface area contributed by atoms with Gasteiger partial charge in [0.2, 0.25) is 0 Å². The highest BCUT2D eigenvalue weighted by molar-refractivity contribution is 7.08. The molecule has 1 aliphatic rings. The van der Waals surface area contributed by atoms with Gasteiger partial charge in [0, 0.05) is 37.9 Å². The van der Waals surface area contributed by atoms with Gasteiger partial charge in [-0.25, -0.2) is 14.6 Å². The number of aryl methyl sites for hydroxylation is 4. The lowest BCUT2D eigenvalue weighted by atomic mass is 10.2. The molecule has 10 heteroatoms. The number of rotatable bonds is 5. The Morgan fingerprint density at radius 2 is 1.80 bits per heavy atom. The maximum atomic E-state index is 12.9. The fourth-order valence-electron chi connectivity index (χ4n) is 3.72. The Morgan fingerprint density at radius 1 is 1.07 bits per heavy atom.